The third-order valence-corrected chi connectivity index (χ3v) is 9.01. The van der Waals surface area contributed by atoms with Crippen molar-refractivity contribution in [1.82, 2.24) is 9.80 Å². The van der Waals surface area contributed by atoms with Gasteiger partial charge in [-0.05, 0) is 50.2 Å². The molecule has 4 rings (SSSR count). The predicted octanol–water partition coefficient (Wildman–Crippen LogP) is 3.64. The molecule has 1 aromatic carbocycles. The molecule has 0 saturated carbocycles. The molecule has 1 aromatic rings. The zero-order valence-corrected chi connectivity index (χ0v) is 24.6. The molecular formula is C32H45N3O5. The monoisotopic (exact) mass is 551 g/mol. The molecule has 3 heterocycles. The standard InChI is InChI=1S/C32H45N3O5/c1-8-16-33(17-9-2)29(37)25-24-14-15-32(40-24)26(25)30(38)35(23(19-36)20(4)5)28(32)31(39)34(18-10-3)27-21(6)12-11-13-22(27)7/h8,10-13,20,23-26,28,36H,1,3,9,14-19H2,2,4-7H3/t23-,24+,25-,26-,28?,32?/m0/s1. The molecule has 3 amide bonds. The third-order valence-electron chi connectivity index (χ3n) is 9.01. The molecule has 40 heavy (non-hydrogen) atoms. The summed E-state index contributed by atoms with van der Waals surface area (Å²) in [6.07, 6.45) is 4.84. The summed E-state index contributed by atoms with van der Waals surface area (Å²) in [6, 6.07) is 4.31. The Balaban J connectivity index is 1.85. The van der Waals surface area contributed by atoms with E-state index in [1.54, 1.807) is 26.9 Å². The van der Waals surface area contributed by atoms with Crippen LogP contribution in [0.3, 0.4) is 0 Å². The molecule has 218 valence electrons. The number of carbonyl (C=O) groups excluding carboxylic acids is 3. The molecule has 2 bridgehead atoms. The summed E-state index contributed by atoms with van der Waals surface area (Å²) in [4.78, 5) is 48.2. The number of amides is 3. The molecule has 8 nitrogen and oxygen atoms in total. The maximum absolute atomic E-state index is 14.8. The summed E-state index contributed by atoms with van der Waals surface area (Å²) in [7, 11) is 0. The van der Waals surface area contributed by atoms with E-state index in [0.717, 1.165) is 23.2 Å². The summed E-state index contributed by atoms with van der Waals surface area (Å²) in [5.74, 6) is -2.24. The average Bonchev–Trinajstić information content (AvgIpc) is 3.55. The second kappa shape index (κ2) is 11.9. The number of benzene rings is 1. The summed E-state index contributed by atoms with van der Waals surface area (Å²) in [5.41, 5.74) is 1.52. The maximum atomic E-state index is 14.8. The van der Waals surface area contributed by atoms with Crippen molar-refractivity contribution in [3.8, 4) is 0 Å². The lowest BCUT2D eigenvalue weighted by atomic mass is 9.70. The molecule has 2 unspecified atom stereocenters. The second-order valence-corrected chi connectivity index (χ2v) is 11.8. The number of fused-ring (bicyclic) bond motifs is 1. The van der Waals surface area contributed by atoms with E-state index < -0.39 is 35.6 Å². The van der Waals surface area contributed by atoms with Gasteiger partial charge in [0.05, 0.1) is 30.6 Å². The highest BCUT2D eigenvalue weighted by atomic mass is 16.5. The molecule has 3 saturated heterocycles. The number of hydrogen-bond acceptors (Lipinski definition) is 5. The number of ether oxygens (including phenoxy) is 1. The van der Waals surface area contributed by atoms with Crippen LogP contribution in [0.2, 0.25) is 0 Å². The highest BCUT2D eigenvalue weighted by Gasteiger charge is 2.75. The maximum Gasteiger partial charge on any atom is 0.253 e. The molecule has 3 aliphatic heterocycles. The minimum atomic E-state index is -1.14. The van der Waals surface area contributed by atoms with Crippen LogP contribution in [-0.2, 0) is 19.1 Å². The van der Waals surface area contributed by atoms with Crippen LogP contribution < -0.4 is 4.90 Å². The van der Waals surface area contributed by atoms with Gasteiger partial charge in [-0.3, -0.25) is 14.4 Å². The SMILES string of the molecule is C=CCN(CCC)C(=O)[C@@H]1[C@H]2C(=O)N([C@@H](CO)C(C)C)C(C(=O)N(CC=C)c3c(C)cccc3C)C23CC[C@H]1O3. The minimum absolute atomic E-state index is 0.115. The van der Waals surface area contributed by atoms with Crippen molar-refractivity contribution in [3.05, 3.63) is 54.6 Å². The fourth-order valence-electron chi connectivity index (χ4n) is 7.36. The third kappa shape index (κ3) is 4.69. The fourth-order valence-corrected chi connectivity index (χ4v) is 7.36. The molecule has 3 aliphatic rings. The number of carbonyl (C=O) groups is 3. The van der Waals surface area contributed by atoms with E-state index in [-0.39, 0.29) is 36.8 Å². The van der Waals surface area contributed by atoms with Gasteiger partial charge in [0, 0.05) is 25.3 Å². The Morgan fingerprint density at radius 2 is 1.82 bits per heavy atom. The Kier molecular flexibility index (Phi) is 8.90. The van der Waals surface area contributed by atoms with Crippen molar-refractivity contribution in [2.75, 3.05) is 31.1 Å². The van der Waals surface area contributed by atoms with Crippen LogP contribution in [0.25, 0.3) is 0 Å². The van der Waals surface area contributed by atoms with Gasteiger partial charge in [-0.1, -0.05) is 51.1 Å². The summed E-state index contributed by atoms with van der Waals surface area (Å²) < 4.78 is 6.67. The molecule has 1 N–H and O–H groups in total. The van der Waals surface area contributed by atoms with Crippen molar-refractivity contribution < 1.29 is 24.2 Å². The van der Waals surface area contributed by atoms with E-state index in [1.807, 2.05) is 52.8 Å². The lowest BCUT2D eigenvalue weighted by Gasteiger charge is -2.41. The number of rotatable bonds is 12. The zero-order chi connectivity index (χ0) is 29.4. The lowest BCUT2D eigenvalue weighted by molar-refractivity contribution is -0.148. The highest BCUT2D eigenvalue weighted by molar-refractivity contribution is 6.05. The minimum Gasteiger partial charge on any atom is -0.394 e. The van der Waals surface area contributed by atoms with Crippen LogP contribution in [0.4, 0.5) is 5.69 Å². The molecule has 3 fully saturated rings. The number of aryl methyl sites for hydroxylation is 2. The number of likely N-dealkylation sites (tertiary alicyclic amines) is 1. The van der Waals surface area contributed by atoms with Crippen molar-refractivity contribution in [1.29, 1.82) is 0 Å². The van der Waals surface area contributed by atoms with Gasteiger partial charge in [-0.15, -0.1) is 13.2 Å². The largest absolute Gasteiger partial charge is 0.394 e. The number of aliphatic hydroxyl groups excluding tert-OH is 1. The highest BCUT2D eigenvalue weighted by Crippen LogP contribution is 2.59. The number of aliphatic hydroxyl groups is 1. The van der Waals surface area contributed by atoms with Crippen molar-refractivity contribution in [2.45, 2.75) is 77.7 Å². The first-order valence-electron chi connectivity index (χ1n) is 14.6. The molecule has 0 aliphatic carbocycles. The number of anilines is 1. The smallest absolute Gasteiger partial charge is 0.253 e. The van der Waals surface area contributed by atoms with E-state index in [4.69, 9.17) is 4.74 Å². The molecule has 0 radical (unpaired) electrons. The number of nitrogens with zero attached hydrogens (tertiary/aromatic N) is 3. The van der Waals surface area contributed by atoms with Gasteiger partial charge in [-0.25, -0.2) is 0 Å². The van der Waals surface area contributed by atoms with Gasteiger partial charge < -0.3 is 24.5 Å². The van der Waals surface area contributed by atoms with Crippen LogP contribution in [0.15, 0.2) is 43.5 Å². The fraction of sp³-hybridized carbons (Fsp3) is 0.594. The topological polar surface area (TPSA) is 90.4 Å². The van der Waals surface area contributed by atoms with Crippen LogP contribution in [0.5, 0.6) is 0 Å². The Morgan fingerprint density at radius 1 is 1.18 bits per heavy atom. The van der Waals surface area contributed by atoms with E-state index in [2.05, 4.69) is 13.2 Å². The van der Waals surface area contributed by atoms with E-state index in [9.17, 15) is 19.5 Å². The van der Waals surface area contributed by atoms with Crippen molar-refractivity contribution in [3.63, 3.8) is 0 Å². The first-order valence-corrected chi connectivity index (χ1v) is 14.6. The van der Waals surface area contributed by atoms with Gasteiger partial charge in [0.15, 0.2) is 0 Å². The van der Waals surface area contributed by atoms with E-state index in [0.29, 0.717) is 25.9 Å². The summed E-state index contributed by atoms with van der Waals surface area (Å²) in [5, 5.41) is 10.5. The van der Waals surface area contributed by atoms with Crippen molar-refractivity contribution in [2.24, 2.45) is 17.8 Å². The van der Waals surface area contributed by atoms with E-state index >= 15 is 0 Å². The first-order chi connectivity index (χ1) is 19.1. The number of hydrogen-bond donors (Lipinski definition) is 1. The number of para-hydroxylation sites is 1. The predicted molar refractivity (Wildman–Crippen MR) is 156 cm³/mol. The van der Waals surface area contributed by atoms with Crippen LogP contribution in [0, 0.1) is 31.6 Å². The second-order valence-electron chi connectivity index (χ2n) is 11.8. The average molecular weight is 552 g/mol. The Bertz CT molecular complexity index is 1140. The van der Waals surface area contributed by atoms with Gasteiger partial charge in [0.25, 0.3) is 5.91 Å². The molecule has 1 spiro atoms. The first kappa shape index (κ1) is 30.0. The van der Waals surface area contributed by atoms with Crippen molar-refractivity contribution >= 4 is 23.4 Å². The Hall–Kier alpha value is -2.97. The Labute approximate surface area is 238 Å². The van der Waals surface area contributed by atoms with Gasteiger partial charge in [0.2, 0.25) is 11.8 Å². The van der Waals surface area contributed by atoms with Gasteiger partial charge in [0.1, 0.15) is 11.6 Å². The normalized spacial score (nSPS) is 27.6. The lowest BCUT2D eigenvalue weighted by Crippen LogP contribution is -2.60. The van der Waals surface area contributed by atoms with Crippen LogP contribution in [-0.4, -0.2) is 82.7 Å². The van der Waals surface area contributed by atoms with E-state index in [1.165, 1.54) is 0 Å². The zero-order valence-electron chi connectivity index (χ0n) is 24.6. The summed E-state index contributed by atoms with van der Waals surface area (Å²) >= 11 is 0. The van der Waals surface area contributed by atoms with Gasteiger partial charge >= 0.3 is 0 Å². The summed E-state index contributed by atoms with van der Waals surface area (Å²) in [6.45, 7) is 18.4. The Morgan fingerprint density at radius 3 is 2.38 bits per heavy atom. The van der Waals surface area contributed by atoms with Gasteiger partial charge in [-0.2, -0.15) is 0 Å². The molecule has 0 aromatic heterocycles. The van der Waals surface area contributed by atoms with Crippen LogP contribution in [0.1, 0.15) is 51.2 Å². The van der Waals surface area contributed by atoms with Crippen LogP contribution >= 0.6 is 0 Å². The molecular weight excluding hydrogens is 506 g/mol. The molecule has 8 heteroatoms. The molecule has 6 atom stereocenters. The quantitative estimate of drug-likeness (QED) is 0.401.